The minimum atomic E-state index is -3.43. The Morgan fingerprint density at radius 1 is 1.13 bits per heavy atom. The number of hydrogen-bond acceptors (Lipinski definition) is 4. The molecule has 1 saturated heterocycles. The summed E-state index contributed by atoms with van der Waals surface area (Å²) in [5.41, 5.74) is 3.37. The fourth-order valence-electron chi connectivity index (χ4n) is 3.42. The standard InChI is InChI=1S/C16H23N3O3S/c17-23(21,22)12-11-18-7-9-19(10-8-18)16(20)15-6-2-4-13-3-1-5-14(13)15/h2,4,6H,1,3,5,7-12H2,(H2,17,21,22). The van der Waals surface area contributed by atoms with Gasteiger partial charge in [0, 0.05) is 38.3 Å². The van der Waals surface area contributed by atoms with Gasteiger partial charge in [0.2, 0.25) is 10.0 Å². The number of aryl methyl sites for hydroxylation is 1. The Hall–Kier alpha value is -1.44. The van der Waals surface area contributed by atoms with Crippen molar-refractivity contribution in [2.24, 2.45) is 5.14 Å². The van der Waals surface area contributed by atoms with Crippen LogP contribution < -0.4 is 5.14 Å². The Balaban J connectivity index is 1.60. The molecule has 2 N–H and O–H groups in total. The largest absolute Gasteiger partial charge is 0.336 e. The van der Waals surface area contributed by atoms with E-state index in [2.05, 4.69) is 6.07 Å². The van der Waals surface area contributed by atoms with Crippen LogP contribution in [0, 0.1) is 0 Å². The predicted octanol–water partition coefficient (Wildman–Crippen LogP) is 0.222. The number of primary sulfonamides is 1. The zero-order valence-corrected chi connectivity index (χ0v) is 14.0. The van der Waals surface area contributed by atoms with E-state index < -0.39 is 10.0 Å². The lowest BCUT2D eigenvalue weighted by Crippen LogP contribution is -2.50. The molecule has 1 aromatic rings. The maximum absolute atomic E-state index is 12.8. The number of benzene rings is 1. The van der Waals surface area contributed by atoms with Crippen LogP contribution in [-0.2, 0) is 22.9 Å². The maximum Gasteiger partial charge on any atom is 0.254 e. The van der Waals surface area contributed by atoms with Gasteiger partial charge in [-0.1, -0.05) is 12.1 Å². The molecule has 23 heavy (non-hydrogen) atoms. The highest BCUT2D eigenvalue weighted by atomic mass is 32.2. The topological polar surface area (TPSA) is 83.7 Å². The first-order chi connectivity index (χ1) is 10.9. The third kappa shape index (κ3) is 3.91. The molecule has 1 aliphatic heterocycles. The van der Waals surface area contributed by atoms with Crippen LogP contribution in [0.25, 0.3) is 0 Å². The molecule has 3 rings (SSSR count). The van der Waals surface area contributed by atoms with Crippen molar-refractivity contribution in [3.63, 3.8) is 0 Å². The zero-order valence-electron chi connectivity index (χ0n) is 13.2. The first-order valence-corrected chi connectivity index (χ1v) is 9.78. The average Bonchev–Trinajstić information content (AvgIpc) is 3.00. The van der Waals surface area contributed by atoms with Crippen LogP contribution in [0.3, 0.4) is 0 Å². The molecule has 7 heteroatoms. The number of sulfonamides is 1. The molecule has 1 amide bonds. The molecule has 126 valence electrons. The average molecular weight is 337 g/mol. The molecule has 0 bridgehead atoms. The smallest absolute Gasteiger partial charge is 0.254 e. The van der Waals surface area contributed by atoms with Crippen molar-refractivity contribution in [3.8, 4) is 0 Å². The molecule has 0 spiro atoms. The maximum atomic E-state index is 12.8. The molecule has 0 atom stereocenters. The van der Waals surface area contributed by atoms with E-state index in [-0.39, 0.29) is 11.7 Å². The van der Waals surface area contributed by atoms with Crippen molar-refractivity contribution in [1.29, 1.82) is 0 Å². The van der Waals surface area contributed by atoms with Gasteiger partial charge < -0.3 is 4.90 Å². The Bertz CT molecular complexity index is 695. The highest BCUT2D eigenvalue weighted by Gasteiger charge is 2.26. The highest BCUT2D eigenvalue weighted by Crippen LogP contribution is 2.26. The minimum absolute atomic E-state index is 0.0346. The van der Waals surface area contributed by atoms with Crippen LogP contribution in [-0.4, -0.2) is 62.6 Å². The van der Waals surface area contributed by atoms with Gasteiger partial charge in [0.1, 0.15) is 0 Å². The molecule has 0 radical (unpaired) electrons. The van der Waals surface area contributed by atoms with Gasteiger partial charge in [-0.2, -0.15) is 0 Å². The van der Waals surface area contributed by atoms with Gasteiger partial charge in [0.25, 0.3) is 5.91 Å². The number of carbonyl (C=O) groups is 1. The second-order valence-corrected chi connectivity index (χ2v) is 8.03. The van der Waals surface area contributed by atoms with E-state index in [4.69, 9.17) is 5.14 Å². The molecule has 6 nitrogen and oxygen atoms in total. The van der Waals surface area contributed by atoms with Gasteiger partial charge in [-0.25, -0.2) is 13.6 Å². The van der Waals surface area contributed by atoms with Gasteiger partial charge in [0.05, 0.1) is 5.75 Å². The molecular formula is C16H23N3O3S. The van der Waals surface area contributed by atoms with Gasteiger partial charge in [-0.15, -0.1) is 0 Å². The zero-order chi connectivity index (χ0) is 16.4. The lowest BCUT2D eigenvalue weighted by molar-refractivity contribution is 0.0643. The Kier molecular flexibility index (Phi) is 4.70. The van der Waals surface area contributed by atoms with Crippen molar-refractivity contribution in [1.82, 2.24) is 9.80 Å². The van der Waals surface area contributed by atoms with Crippen LogP contribution in [0.5, 0.6) is 0 Å². The highest BCUT2D eigenvalue weighted by molar-refractivity contribution is 7.89. The first kappa shape index (κ1) is 16.4. The van der Waals surface area contributed by atoms with Gasteiger partial charge >= 0.3 is 0 Å². The second kappa shape index (κ2) is 6.59. The lowest BCUT2D eigenvalue weighted by Gasteiger charge is -2.34. The number of nitrogens with zero attached hydrogens (tertiary/aromatic N) is 2. The van der Waals surface area contributed by atoms with E-state index in [0.29, 0.717) is 32.7 Å². The summed E-state index contributed by atoms with van der Waals surface area (Å²) in [5, 5.41) is 5.04. The minimum Gasteiger partial charge on any atom is -0.336 e. The molecule has 1 aromatic carbocycles. The molecular weight excluding hydrogens is 314 g/mol. The number of amides is 1. The number of piperazine rings is 1. The summed E-state index contributed by atoms with van der Waals surface area (Å²) >= 11 is 0. The van der Waals surface area contributed by atoms with E-state index in [1.165, 1.54) is 11.1 Å². The quantitative estimate of drug-likeness (QED) is 0.852. The third-order valence-corrected chi connectivity index (χ3v) is 5.48. The number of rotatable bonds is 4. The summed E-state index contributed by atoms with van der Waals surface area (Å²) in [4.78, 5) is 16.7. The number of nitrogens with two attached hydrogens (primary N) is 1. The number of carbonyl (C=O) groups excluding carboxylic acids is 1. The van der Waals surface area contributed by atoms with E-state index >= 15 is 0 Å². The van der Waals surface area contributed by atoms with E-state index in [1.807, 2.05) is 21.9 Å². The SMILES string of the molecule is NS(=O)(=O)CCN1CCN(C(=O)c2cccc3c2CCC3)CC1. The van der Waals surface area contributed by atoms with Gasteiger partial charge in [-0.05, 0) is 36.5 Å². The van der Waals surface area contributed by atoms with E-state index in [1.54, 1.807) is 0 Å². The summed E-state index contributed by atoms with van der Waals surface area (Å²) in [5.74, 6) is 0.0718. The second-order valence-electron chi connectivity index (χ2n) is 6.30. The fourth-order valence-corrected chi connectivity index (χ4v) is 3.93. The first-order valence-electron chi connectivity index (χ1n) is 8.07. The summed E-state index contributed by atoms with van der Waals surface area (Å²) in [6.45, 7) is 3.08. The Morgan fingerprint density at radius 3 is 2.57 bits per heavy atom. The monoisotopic (exact) mass is 337 g/mol. The van der Waals surface area contributed by atoms with Crippen molar-refractivity contribution in [2.75, 3.05) is 38.5 Å². The molecule has 1 heterocycles. The van der Waals surface area contributed by atoms with Crippen LogP contribution in [0.1, 0.15) is 27.9 Å². The van der Waals surface area contributed by atoms with Gasteiger partial charge in [0.15, 0.2) is 0 Å². The fraction of sp³-hybridized carbons (Fsp3) is 0.562. The summed E-state index contributed by atoms with van der Waals surface area (Å²) in [7, 11) is -3.43. The number of hydrogen-bond donors (Lipinski definition) is 1. The summed E-state index contributed by atoms with van der Waals surface area (Å²) in [6, 6.07) is 6.02. The van der Waals surface area contributed by atoms with Crippen LogP contribution in [0.4, 0.5) is 0 Å². The third-order valence-electron chi connectivity index (χ3n) is 4.73. The van der Waals surface area contributed by atoms with Crippen LogP contribution >= 0.6 is 0 Å². The molecule has 2 aliphatic rings. The molecule has 1 aliphatic carbocycles. The predicted molar refractivity (Wildman–Crippen MR) is 88.8 cm³/mol. The Morgan fingerprint density at radius 2 is 1.87 bits per heavy atom. The molecule has 0 aromatic heterocycles. The van der Waals surface area contributed by atoms with Gasteiger partial charge in [-0.3, -0.25) is 9.69 Å². The Labute approximate surface area is 137 Å². The summed E-state index contributed by atoms with van der Waals surface area (Å²) in [6.07, 6.45) is 3.18. The normalized spacial score (nSPS) is 18.9. The van der Waals surface area contributed by atoms with Crippen molar-refractivity contribution < 1.29 is 13.2 Å². The van der Waals surface area contributed by atoms with E-state index in [0.717, 1.165) is 24.8 Å². The molecule has 0 unspecified atom stereocenters. The lowest BCUT2D eigenvalue weighted by atomic mass is 10.0. The number of fused-ring (bicyclic) bond motifs is 1. The van der Waals surface area contributed by atoms with Crippen molar-refractivity contribution in [3.05, 3.63) is 34.9 Å². The van der Waals surface area contributed by atoms with Crippen molar-refractivity contribution in [2.45, 2.75) is 19.3 Å². The van der Waals surface area contributed by atoms with E-state index in [9.17, 15) is 13.2 Å². The van der Waals surface area contributed by atoms with Crippen LogP contribution in [0.2, 0.25) is 0 Å². The molecule has 1 fully saturated rings. The van der Waals surface area contributed by atoms with Crippen LogP contribution in [0.15, 0.2) is 18.2 Å². The summed E-state index contributed by atoms with van der Waals surface area (Å²) < 4.78 is 22.1. The molecule has 0 saturated carbocycles. The van der Waals surface area contributed by atoms with Crippen molar-refractivity contribution >= 4 is 15.9 Å².